The minimum absolute atomic E-state index is 0.248. The third-order valence-electron chi connectivity index (χ3n) is 3.63. The van der Waals surface area contributed by atoms with E-state index < -0.39 is 5.97 Å². The Balaban J connectivity index is 2.61. The van der Waals surface area contributed by atoms with Crippen molar-refractivity contribution in [1.82, 2.24) is 9.55 Å². The second-order valence-corrected chi connectivity index (χ2v) is 6.18. The first-order valence-corrected chi connectivity index (χ1v) is 7.04. The van der Waals surface area contributed by atoms with Gasteiger partial charge in [-0.1, -0.05) is 13.8 Å². The van der Waals surface area contributed by atoms with Crippen LogP contribution in [0.4, 0.5) is 0 Å². The van der Waals surface area contributed by atoms with Crippen molar-refractivity contribution < 1.29 is 14.6 Å². The molecular weight excluding hydrogens is 268 g/mol. The first-order valence-electron chi connectivity index (χ1n) is 7.04. The normalized spacial score (nSPS) is 12.3. The maximum Gasteiger partial charge on any atom is 0.335 e. The lowest BCUT2D eigenvalue weighted by Gasteiger charge is -2.25. The third-order valence-corrected chi connectivity index (χ3v) is 3.63. The summed E-state index contributed by atoms with van der Waals surface area (Å²) in [5, 5.41) is 9.10. The Hall–Kier alpha value is -1.88. The van der Waals surface area contributed by atoms with Gasteiger partial charge in [0.15, 0.2) is 0 Å². The molecule has 0 amide bonds. The summed E-state index contributed by atoms with van der Waals surface area (Å²) in [6.45, 7) is 8.87. The van der Waals surface area contributed by atoms with Crippen LogP contribution in [0.3, 0.4) is 0 Å². The molecule has 1 N–H and O–H groups in total. The highest BCUT2D eigenvalue weighted by Crippen LogP contribution is 2.25. The molecule has 2 rings (SSSR count). The number of carboxylic acid groups (broad SMARTS) is 1. The Morgan fingerprint density at radius 1 is 1.43 bits per heavy atom. The van der Waals surface area contributed by atoms with Crippen molar-refractivity contribution in [3.63, 3.8) is 0 Å². The molecule has 0 aliphatic heterocycles. The molecule has 21 heavy (non-hydrogen) atoms. The van der Waals surface area contributed by atoms with Gasteiger partial charge in [-0.2, -0.15) is 0 Å². The third kappa shape index (κ3) is 3.08. The second-order valence-electron chi connectivity index (χ2n) is 6.18. The molecule has 1 aromatic heterocycles. The van der Waals surface area contributed by atoms with Crippen LogP contribution in [0.25, 0.3) is 11.0 Å². The Morgan fingerprint density at radius 3 is 2.62 bits per heavy atom. The van der Waals surface area contributed by atoms with Crippen LogP contribution in [-0.2, 0) is 11.3 Å². The molecule has 0 atom stereocenters. The molecular formula is C16H22N2O3. The molecule has 1 aromatic carbocycles. The van der Waals surface area contributed by atoms with Crippen LogP contribution in [0, 0.1) is 0 Å². The van der Waals surface area contributed by atoms with Gasteiger partial charge >= 0.3 is 5.97 Å². The largest absolute Gasteiger partial charge is 0.478 e. The molecule has 0 radical (unpaired) electrons. The van der Waals surface area contributed by atoms with Crippen molar-refractivity contribution in [3.05, 3.63) is 29.6 Å². The summed E-state index contributed by atoms with van der Waals surface area (Å²) in [6, 6.07) is 5.07. The summed E-state index contributed by atoms with van der Waals surface area (Å²) in [7, 11) is 1.69. The van der Waals surface area contributed by atoms with Gasteiger partial charge in [0.25, 0.3) is 0 Å². The van der Waals surface area contributed by atoms with Crippen molar-refractivity contribution >= 4 is 17.0 Å². The minimum atomic E-state index is -0.935. The number of methoxy groups -OCH3 is 1. The van der Waals surface area contributed by atoms with E-state index in [-0.39, 0.29) is 17.1 Å². The lowest BCUT2D eigenvalue weighted by atomic mass is 10.1. The van der Waals surface area contributed by atoms with Crippen molar-refractivity contribution in [3.8, 4) is 0 Å². The van der Waals surface area contributed by atoms with E-state index in [1.54, 1.807) is 19.2 Å². The first-order chi connectivity index (χ1) is 9.75. The zero-order chi connectivity index (χ0) is 15.8. The Labute approximate surface area is 124 Å². The molecule has 2 aromatic rings. The highest BCUT2D eigenvalue weighted by atomic mass is 16.5. The molecule has 114 valence electrons. The van der Waals surface area contributed by atoms with Gasteiger partial charge in [-0.3, -0.25) is 0 Å². The molecule has 5 heteroatoms. The van der Waals surface area contributed by atoms with Crippen LogP contribution >= 0.6 is 0 Å². The fraction of sp³-hybridized carbons (Fsp3) is 0.500. The number of aromatic nitrogens is 2. The zero-order valence-electron chi connectivity index (χ0n) is 13.2. The SMILES string of the molecule is COC(C)(C)Cn1c(C(C)C)nc2cc(C(=O)O)ccc21. The molecule has 0 spiro atoms. The van der Waals surface area contributed by atoms with Crippen molar-refractivity contribution in [2.75, 3.05) is 7.11 Å². The topological polar surface area (TPSA) is 64.4 Å². The van der Waals surface area contributed by atoms with Crippen LogP contribution in [0.15, 0.2) is 18.2 Å². The molecule has 0 aliphatic carbocycles. The van der Waals surface area contributed by atoms with Crippen LogP contribution in [0.1, 0.15) is 49.8 Å². The summed E-state index contributed by atoms with van der Waals surface area (Å²) >= 11 is 0. The molecule has 0 saturated heterocycles. The number of nitrogens with zero attached hydrogens (tertiary/aromatic N) is 2. The Kier molecular flexibility index (Phi) is 4.05. The zero-order valence-corrected chi connectivity index (χ0v) is 13.2. The number of hydrogen-bond donors (Lipinski definition) is 1. The summed E-state index contributed by atoms with van der Waals surface area (Å²) in [4.78, 5) is 15.7. The summed E-state index contributed by atoms with van der Waals surface area (Å²) < 4.78 is 7.63. The van der Waals surface area contributed by atoms with E-state index in [0.717, 1.165) is 11.3 Å². The van der Waals surface area contributed by atoms with E-state index >= 15 is 0 Å². The first kappa shape index (κ1) is 15.5. The molecule has 5 nitrogen and oxygen atoms in total. The number of carbonyl (C=O) groups is 1. The van der Waals surface area contributed by atoms with Crippen molar-refractivity contribution in [2.24, 2.45) is 0 Å². The maximum atomic E-state index is 11.1. The van der Waals surface area contributed by atoms with Gasteiger partial charge in [0.05, 0.1) is 28.7 Å². The van der Waals surface area contributed by atoms with E-state index in [1.807, 2.05) is 19.9 Å². The second kappa shape index (κ2) is 5.48. The number of ether oxygens (including phenoxy) is 1. The van der Waals surface area contributed by atoms with E-state index in [1.165, 1.54) is 0 Å². The van der Waals surface area contributed by atoms with E-state index in [2.05, 4.69) is 23.4 Å². The predicted molar refractivity (Wildman–Crippen MR) is 81.9 cm³/mol. The fourth-order valence-corrected chi connectivity index (χ4v) is 2.33. The molecule has 0 aliphatic rings. The number of hydrogen-bond acceptors (Lipinski definition) is 3. The fourth-order valence-electron chi connectivity index (χ4n) is 2.33. The highest BCUT2D eigenvalue weighted by Gasteiger charge is 2.23. The molecule has 0 bridgehead atoms. The van der Waals surface area contributed by atoms with Crippen LogP contribution < -0.4 is 0 Å². The average molecular weight is 290 g/mol. The van der Waals surface area contributed by atoms with Crippen LogP contribution in [0.2, 0.25) is 0 Å². The number of benzene rings is 1. The van der Waals surface area contributed by atoms with Gasteiger partial charge in [0, 0.05) is 13.0 Å². The Morgan fingerprint density at radius 2 is 2.10 bits per heavy atom. The van der Waals surface area contributed by atoms with Crippen molar-refractivity contribution in [2.45, 2.75) is 45.8 Å². The van der Waals surface area contributed by atoms with E-state index in [9.17, 15) is 4.79 Å². The number of carboxylic acids is 1. The molecule has 0 unspecified atom stereocenters. The molecule has 0 fully saturated rings. The molecule has 1 heterocycles. The van der Waals surface area contributed by atoms with Gasteiger partial charge < -0.3 is 14.4 Å². The summed E-state index contributed by atoms with van der Waals surface area (Å²) in [5.74, 6) is 0.255. The summed E-state index contributed by atoms with van der Waals surface area (Å²) in [6.07, 6.45) is 0. The van der Waals surface area contributed by atoms with Gasteiger partial charge in [0.1, 0.15) is 5.82 Å². The number of aromatic carboxylic acids is 1. The van der Waals surface area contributed by atoms with Gasteiger partial charge in [-0.05, 0) is 32.0 Å². The molecule has 0 saturated carbocycles. The van der Waals surface area contributed by atoms with Gasteiger partial charge in [-0.15, -0.1) is 0 Å². The average Bonchev–Trinajstić information content (AvgIpc) is 2.76. The standard InChI is InChI=1S/C16H22N2O3/c1-10(2)14-17-12-8-11(15(19)20)6-7-13(12)18(14)9-16(3,4)21-5/h6-8,10H,9H2,1-5H3,(H,19,20). The Bertz CT molecular complexity index is 671. The number of imidazole rings is 1. The minimum Gasteiger partial charge on any atom is -0.478 e. The van der Waals surface area contributed by atoms with Gasteiger partial charge in [-0.25, -0.2) is 9.78 Å². The van der Waals surface area contributed by atoms with E-state index in [4.69, 9.17) is 9.84 Å². The monoisotopic (exact) mass is 290 g/mol. The number of rotatable bonds is 5. The van der Waals surface area contributed by atoms with Gasteiger partial charge in [0.2, 0.25) is 0 Å². The summed E-state index contributed by atoms with van der Waals surface area (Å²) in [5.41, 5.74) is 1.59. The predicted octanol–water partition coefficient (Wildman–Crippen LogP) is 3.28. The van der Waals surface area contributed by atoms with E-state index in [0.29, 0.717) is 12.1 Å². The van der Waals surface area contributed by atoms with Crippen LogP contribution in [-0.4, -0.2) is 33.3 Å². The van der Waals surface area contributed by atoms with Crippen molar-refractivity contribution in [1.29, 1.82) is 0 Å². The lowest BCUT2D eigenvalue weighted by Crippen LogP contribution is -2.30. The lowest BCUT2D eigenvalue weighted by molar-refractivity contribution is 0.00829. The number of fused-ring (bicyclic) bond motifs is 1. The van der Waals surface area contributed by atoms with Crippen LogP contribution in [0.5, 0.6) is 0 Å². The smallest absolute Gasteiger partial charge is 0.335 e. The quantitative estimate of drug-likeness (QED) is 0.917. The highest BCUT2D eigenvalue weighted by molar-refractivity contribution is 5.92. The maximum absolute atomic E-state index is 11.1.